The highest BCUT2D eigenvalue weighted by atomic mass is 19.4. The number of phenolic OH excluding ortho intramolecular Hbond substituents is 1. The Morgan fingerprint density at radius 2 is 2.00 bits per heavy atom. The first-order chi connectivity index (χ1) is 13.2. The molecule has 0 spiro atoms. The number of halogens is 3. The number of nitrogens with one attached hydrogen (secondary N) is 1. The van der Waals surface area contributed by atoms with Gasteiger partial charge in [-0.1, -0.05) is 0 Å². The molecule has 3 heterocycles. The predicted molar refractivity (Wildman–Crippen MR) is 94.5 cm³/mol. The molecule has 0 aliphatic carbocycles. The van der Waals surface area contributed by atoms with Crippen molar-refractivity contribution in [3.63, 3.8) is 0 Å². The second kappa shape index (κ2) is 6.48. The maximum Gasteiger partial charge on any atom is 0.433 e. The second-order valence-electron chi connectivity index (χ2n) is 6.70. The smallest absolute Gasteiger partial charge is 0.433 e. The molecule has 0 radical (unpaired) electrons. The number of benzene rings is 1. The van der Waals surface area contributed by atoms with Crippen LogP contribution in [-0.4, -0.2) is 50.2 Å². The molecule has 2 aromatic heterocycles. The Morgan fingerprint density at radius 1 is 1.29 bits per heavy atom. The van der Waals surface area contributed by atoms with Crippen molar-refractivity contribution in [2.24, 2.45) is 5.73 Å². The predicted octanol–water partition coefficient (Wildman–Crippen LogP) is 2.52. The number of pyridine rings is 1. The van der Waals surface area contributed by atoms with Crippen LogP contribution in [-0.2, 0) is 6.18 Å². The van der Waals surface area contributed by atoms with E-state index in [4.69, 9.17) is 5.73 Å². The van der Waals surface area contributed by atoms with E-state index in [1.54, 1.807) is 12.1 Å². The Kier molecular flexibility index (Phi) is 4.22. The summed E-state index contributed by atoms with van der Waals surface area (Å²) in [6, 6.07) is 7.08. The fraction of sp³-hybridized carbons (Fsp3) is 0.278. The number of aromatic amines is 1. The summed E-state index contributed by atoms with van der Waals surface area (Å²) in [6.45, 7) is 0.647. The number of H-pyrrole nitrogens is 1. The lowest BCUT2D eigenvalue weighted by Gasteiger charge is -2.17. The van der Waals surface area contributed by atoms with Gasteiger partial charge in [0.2, 0.25) is 0 Å². The minimum absolute atomic E-state index is 0.0336. The molecular weight excluding hydrogens is 375 g/mol. The number of hydrogen-bond acceptors (Lipinski definition) is 5. The van der Waals surface area contributed by atoms with Crippen LogP contribution >= 0.6 is 0 Å². The number of alkyl halides is 3. The molecule has 4 N–H and O–H groups in total. The molecule has 1 atom stereocenters. The van der Waals surface area contributed by atoms with Gasteiger partial charge in [-0.25, -0.2) is 4.98 Å². The first-order valence-corrected chi connectivity index (χ1v) is 8.54. The zero-order valence-corrected chi connectivity index (χ0v) is 14.5. The van der Waals surface area contributed by atoms with Crippen molar-refractivity contribution in [2.75, 3.05) is 13.1 Å². The van der Waals surface area contributed by atoms with Gasteiger partial charge in [0.05, 0.1) is 16.6 Å². The van der Waals surface area contributed by atoms with E-state index in [0.29, 0.717) is 18.5 Å². The topological polar surface area (TPSA) is 108 Å². The number of hydrogen-bond donors (Lipinski definition) is 3. The van der Waals surface area contributed by atoms with Gasteiger partial charge in [0.1, 0.15) is 11.4 Å². The molecule has 1 amide bonds. The van der Waals surface area contributed by atoms with Gasteiger partial charge in [0.25, 0.3) is 5.91 Å². The Labute approximate surface area is 157 Å². The van der Waals surface area contributed by atoms with Gasteiger partial charge < -0.3 is 15.7 Å². The van der Waals surface area contributed by atoms with E-state index in [1.165, 1.54) is 23.1 Å². The molecule has 28 heavy (non-hydrogen) atoms. The van der Waals surface area contributed by atoms with Crippen molar-refractivity contribution in [3.8, 4) is 17.0 Å². The zero-order chi connectivity index (χ0) is 20.1. The van der Waals surface area contributed by atoms with Crippen LogP contribution in [0.3, 0.4) is 0 Å². The number of phenols is 1. The van der Waals surface area contributed by atoms with E-state index in [9.17, 15) is 23.1 Å². The van der Waals surface area contributed by atoms with Gasteiger partial charge in [-0.05, 0) is 36.8 Å². The van der Waals surface area contributed by atoms with Crippen molar-refractivity contribution in [2.45, 2.75) is 18.6 Å². The molecule has 3 aromatic rings. The van der Waals surface area contributed by atoms with Crippen LogP contribution in [0.4, 0.5) is 13.2 Å². The summed E-state index contributed by atoms with van der Waals surface area (Å²) in [4.78, 5) is 18.6. The van der Waals surface area contributed by atoms with E-state index in [0.717, 1.165) is 0 Å². The maximum atomic E-state index is 13.4. The summed E-state index contributed by atoms with van der Waals surface area (Å²) >= 11 is 0. The van der Waals surface area contributed by atoms with Crippen molar-refractivity contribution < 1.29 is 23.1 Å². The largest absolute Gasteiger partial charge is 0.508 e. The number of fused-ring (bicyclic) bond motifs is 1. The second-order valence-corrected chi connectivity index (χ2v) is 6.70. The SMILES string of the molecule is N[C@H]1CCN(C(=O)c2cc(-c3ccc(O)cc3)nc3n[nH]c(C(F)(F)F)c23)C1. The molecule has 1 aliphatic heterocycles. The molecule has 146 valence electrons. The van der Waals surface area contributed by atoms with Crippen LogP contribution in [0.15, 0.2) is 30.3 Å². The summed E-state index contributed by atoms with van der Waals surface area (Å²) in [7, 11) is 0. The van der Waals surface area contributed by atoms with Crippen LogP contribution in [0.25, 0.3) is 22.3 Å². The number of rotatable bonds is 2. The van der Waals surface area contributed by atoms with Gasteiger partial charge in [0, 0.05) is 24.7 Å². The number of nitrogens with two attached hydrogens (primary N) is 1. The summed E-state index contributed by atoms with van der Waals surface area (Å²) in [5.41, 5.74) is 5.20. The molecule has 1 aromatic carbocycles. The lowest BCUT2D eigenvalue weighted by Crippen LogP contribution is -2.32. The monoisotopic (exact) mass is 391 g/mol. The fourth-order valence-corrected chi connectivity index (χ4v) is 3.32. The minimum atomic E-state index is -4.72. The standard InChI is InChI=1S/C18H16F3N5O2/c19-18(20,21)15-14-12(17(28)26-6-5-10(22)8-26)7-13(23-16(14)25-24-15)9-1-3-11(27)4-2-9/h1-4,7,10,27H,5-6,8,22H2,(H,23,24,25)/t10-/m0/s1. The van der Waals surface area contributed by atoms with Crippen LogP contribution in [0, 0.1) is 0 Å². The maximum absolute atomic E-state index is 13.4. The van der Waals surface area contributed by atoms with Gasteiger partial charge in [-0.15, -0.1) is 0 Å². The van der Waals surface area contributed by atoms with Crippen molar-refractivity contribution in [3.05, 3.63) is 41.6 Å². The van der Waals surface area contributed by atoms with Crippen LogP contribution in [0.2, 0.25) is 0 Å². The molecule has 0 saturated carbocycles. The first kappa shape index (κ1) is 18.2. The Hall–Kier alpha value is -3.14. The number of carbonyl (C=O) groups excluding carboxylic acids is 1. The molecule has 4 rings (SSSR count). The summed E-state index contributed by atoms with van der Waals surface area (Å²) in [5.74, 6) is -0.515. The highest BCUT2D eigenvalue weighted by Gasteiger charge is 2.38. The van der Waals surface area contributed by atoms with Gasteiger partial charge in [-0.3, -0.25) is 9.89 Å². The molecule has 1 saturated heterocycles. The lowest BCUT2D eigenvalue weighted by atomic mass is 10.0. The van der Waals surface area contributed by atoms with Gasteiger partial charge >= 0.3 is 6.18 Å². The Balaban J connectivity index is 1.91. The van der Waals surface area contributed by atoms with Crippen LogP contribution in [0.5, 0.6) is 5.75 Å². The van der Waals surface area contributed by atoms with E-state index in [-0.39, 0.29) is 40.6 Å². The number of carbonyl (C=O) groups is 1. The number of aromatic hydroxyl groups is 1. The lowest BCUT2D eigenvalue weighted by molar-refractivity contribution is -0.139. The average molecular weight is 391 g/mol. The summed E-state index contributed by atoms with van der Waals surface area (Å²) in [6.07, 6.45) is -4.13. The fourth-order valence-electron chi connectivity index (χ4n) is 3.32. The normalized spacial score (nSPS) is 17.4. The number of likely N-dealkylation sites (tertiary alicyclic amines) is 1. The summed E-state index contributed by atoms with van der Waals surface area (Å²) < 4.78 is 40.3. The first-order valence-electron chi connectivity index (χ1n) is 8.54. The van der Waals surface area contributed by atoms with Crippen LogP contribution in [0.1, 0.15) is 22.5 Å². The Bertz CT molecular complexity index is 1050. The zero-order valence-electron chi connectivity index (χ0n) is 14.5. The minimum Gasteiger partial charge on any atom is -0.508 e. The molecular formula is C18H16F3N5O2. The van der Waals surface area contributed by atoms with Crippen molar-refractivity contribution in [1.29, 1.82) is 0 Å². The van der Waals surface area contributed by atoms with E-state index >= 15 is 0 Å². The number of amides is 1. The summed E-state index contributed by atoms with van der Waals surface area (Å²) in [5, 5.41) is 14.7. The Morgan fingerprint density at radius 3 is 2.61 bits per heavy atom. The highest BCUT2D eigenvalue weighted by molar-refractivity contribution is 6.07. The third-order valence-electron chi connectivity index (χ3n) is 4.71. The van der Waals surface area contributed by atoms with Gasteiger partial charge in [-0.2, -0.15) is 18.3 Å². The number of aromatic nitrogens is 3. The van der Waals surface area contributed by atoms with E-state index in [1.807, 2.05) is 5.10 Å². The van der Waals surface area contributed by atoms with Crippen molar-refractivity contribution in [1.82, 2.24) is 20.1 Å². The molecule has 7 nitrogen and oxygen atoms in total. The third-order valence-corrected chi connectivity index (χ3v) is 4.71. The molecule has 1 aliphatic rings. The highest BCUT2D eigenvalue weighted by Crippen LogP contribution is 2.36. The molecule has 0 unspecified atom stereocenters. The van der Waals surface area contributed by atoms with Crippen molar-refractivity contribution >= 4 is 16.9 Å². The quantitative estimate of drug-likeness (QED) is 0.622. The van der Waals surface area contributed by atoms with Crippen LogP contribution < -0.4 is 5.73 Å². The average Bonchev–Trinajstić information content (AvgIpc) is 3.27. The molecule has 1 fully saturated rings. The molecule has 0 bridgehead atoms. The van der Waals surface area contributed by atoms with E-state index in [2.05, 4.69) is 10.1 Å². The van der Waals surface area contributed by atoms with Gasteiger partial charge in [0.15, 0.2) is 5.65 Å². The molecule has 10 heteroatoms. The number of nitrogens with zero attached hydrogens (tertiary/aromatic N) is 3. The third kappa shape index (κ3) is 3.15. The van der Waals surface area contributed by atoms with E-state index < -0.39 is 17.8 Å².